The van der Waals surface area contributed by atoms with Gasteiger partial charge in [0.25, 0.3) is 0 Å². The number of carbonyl (C=O) groups excluding carboxylic acids is 1. The molecule has 2 aromatic carbocycles. The van der Waals surface area contributed by atoms with Crippen LogP contribution in [0.15, 0.2) is 48.5 Å². The summed E-state index contributed by atoms with van der Waals surface area (Å²) in [5.41, 5.74) is 0.974. The van der Waals surface area contributed by atoms with Crippen molar-refractivity contribution in [1.82, 2.24) is 4.90 Å². The number of carbonyl (C=O) groups is 1. The molecule has 0 aliphatic heterocycles. The molecule has 24 heavy (non-hydrogen) atoms. The predicted octanol–water partition coefficient (Wildman–Crippen LogP) is 4.85. The first-order chi connectivity index (χ1) is 11.5. The monoisotopic (exact) mass is 365 g/mol. The van der Waals surface area contributed by atoms with E-state index in [1.807, 2.05) is 31.3 Å². The number of halogens is 2. The first kappa shape index (κ1) is 18.6. The van der Waals surface area contributed by atoms with Gasteiger partial charge >= 0.3 is 0 Å². The summed E-state index contributed by atoms with van der Waals surface area (Å²) in [6, 6.07) is 14.7. The lowest BCUT2D eigenvalue weighted by atomic mass is 10.1. The van der Waals surface area contributed by atoms with Crippen LogP contribution in [0.1, 0.15) is 18.4 Å². The quantitative estimate of drug-likeness (QED) is 0.625. The molecular formula is C19H21Cl2NO2. The Labute approximate surface area is 153 Å². The number of amides is 1. The van der Waals surface area contributed by atoms with E-state index in [0.717, 1.165) is 30.7 Å². The van der Waals surface area contributed by atoms with E-state index in [-0.39, 0.29) is 5.91 Å². The minimum atomic E-state index is 0.107. The topological polar surface area (TPSA) is 29.5 Å². The Morgan fingerprint density at radius 3 is 2.17 bits per heavy atom. The highest BCUT2D eigenvalue weighted by Gasteiger charge is 2.09. The van der Waals surface area contributed by atoms with E-state index in [1.54, 1.807) is 29.2 Å². The summed E-state index contributed by atoms with van der Waals surface area (Å²) in [6.45, 7) is 1.34. The molecule has 0 unspecified atom stereocenters. The van der Waals surface area contributed by atoms with Crippen LogP contribution in [0, 0.1) is 0 Å². The summed E-state index contributed by atoms with van der Waals surface area (Å²) in [6.07, 6.45) is 2.19. The van der Waals surface area contributed by atoms with Crippen molar-refractivity contribution in [1.29, 1.82) is 0 Å². The summed E-state index contributed by atoms with van der Waals surface area (Å²) in [7, 11) is 1.83. The van der Waals surface area contributed by atoms with Crippen LogP contribution in [-0.4, -0.2) is 31.0 Å². The van der Waals surface area contributed by atoms with Gasteiger partial charge in [0.1, 0.15) is 5.75 Å². The highest BCUT2D eigenvalue weighted by atomic mass is 35.5. The fraction of sp³-hybridized carbons (Fsp3) is 0.316. The van der Waals surface area contributed by atoms with E-state index in [0.29, 0.717) is 23.1 Å². The van der Waals surface area contributed by atoms with Gasteiger partial charge in [-0.25, -0.2) is 0 Å². The third kappa shape index (κ3) is 6.42. The normalized spacial score (nSPS) is 10.5. The molecule has 0 bridgehead atoms. The molecule has 0 N–H and O–H groups in total. The maximum Gasteiger partial charge on any atom is 0.226 e. The van der Waals surface area contributed by atoms with Gasteiger partial charge in [-0.2, -0.15) is 0 Å². The molecule has 0 radical (unpaired) electrons. The zero-order valence-corrected chi connectivity index (χ0v) is 15.2. The van der Waals surface area contributed by atoms with Crippen molar-refractivity contribution >= 4 is 29.1 Å². The molecule has 3 nitrogen and oxygen atoms in total. The molecule has 0 saturated heterocycles. The van der Waals surface area contributed by atoms with Gasteiger partial charge in [-0.1, -0.05) is 35.3 Å². The lowest BCUT2D eigenvalue weighted by molar-refractivity contribution is -0.129. The second-order valence-electron chi connectivity index (χ2n) is 5.63. The van der Waals surface area contributed by atoms with Crippen LogP contribution in [0.3, 0.4) is 0 Å². The van der Waals surface area contributed by atoms with E-state index in [2.05, 4.69) is 0 Å². The SMILES string of the molecule is CN(CCCCOc1ccc(Cl)cc1)C(=O)Cc1ccc(Cl)cc1. The largest absolute Gasteiger partial charge is 0.494 e. The van der Waals surface area contributed by atoms with E-state index in [1.165, 1.54) is 0 Å². The molecule has 1 amide bonds. The standard InChI is InChI=1S/C19H21Cl2NO2/c1-22(19(23)14-15-4-6-16(20)7-5-15)12-2-3-13-24-18-10-8-17(21)9-11-18/h4-11H,2-3,12-14H2,1H3. The lowest BCUT2D eigenvalue weighted by Gasteiger charge is -2.17. The smallest absolute Gasteiger partial charge is 0.226 e. The van der Waals surface area contributed by atoms with E-state index in [4.69, 9.17) is 27.9 Å². The first-order valence-corrected chi connectivity index (χ1v) is 8.67. The highest BCUT2D eigenvalue weighted by Crippen LogP contribution is 2.16. The van der Waals surface area contributed by atoms with Crippen molar-refractivity contribution in [2.45, 2.75) is 19.3 Å². The van der Waals surface area contributed by atoms with E-state index >= 15 is 0 Å². The molecule has 0 atom stereocenters. The molecule has 0 aliphatic rings. The molecule has 5 heteroatoms. The zero-order valence-electron chi connectivity index (χ0n) is 13.7. The maximum atomic E-state index is 12.2. The van der Waals surface area contributed by atoms with Gasteiger partial charge in [0, 0.05) is 23.6 Å². The summed E-state index contributed by atoms with van der Waals surface area (Å²) in [4.78, 5) is 13.9. The van der Waals surface area contributed by atoms with Crippen molar-refractivity contribution in [2.24, 2.45) is 0 Å². The molecule has 0 aliphatic carbocycles. The van der Waals surface area contributed by atoms with Gasteiger partial charge in [-0.05, 0) is 54.8 Å². The van der Waals surface area contributed by atoms with E-state index < -0.39 is 0 Å². The Morgan fingerprint density at radius 2 is 1.54 bits per heavy atom. The molecule has 2 rings (SSSR count). The van der Waals surface area contributed by atoms with Crippen LogP contribution in [0.2, 0.25) is 10.0 Å². The van der Waals surface area contributed by atoms with Gasteiger partial charge in [-0.3, -0.25) is 4.79 Å². The third-order valence-electron chi connectivity index (χ3n) is 3.66. The van der Waals surface area contributed by atoms with E-state index in [9.17, 15) is 4.79 Å². The third-order valence-corrected chi connectivity index (χ3v) is 4.17. The van der Waals surface area contributed by atoms with Crippen molar-refractivity contribution in [3.63, 3.8) is 0 Å². The van der Waals surface area contributed by atoms with Crippen molar-refractivity contribution in [3.05, 3.63) is 64.1 Å². The molecule has 0 spiro atoms. The number of ether oxygens (including phenoxy) is 1. The van der Waals surface area contributed by atoms with Crippen LogP contribution >= 0.6 is 23.2 Å². The minimum Gasteiger partial charge on any atom is -0.494 e. The highest BCUT2D eigenvalue weighted by molar-refractivity contribution is 6.30. The molecule has 0 saturated carbocycles. The fourth-order valence-corrected chi connectivity index (χ4v) is 2.46. The average molecular weight is 366 g/mol. The summed E-state index contributed by atoms with van der Waals surface area (Å²) in [5.74, 6) is 0.919. The fourth-order valence-electron chi connectivity index (χ4n) is 2.21. The van der Waals surface area contributed by atoms with Crippen molar-refractivity contribution in [3.8, 4) is 5.75 Å². The summed E-state index contributed by atoms with van der Waals surface area (Å²) >= 11 is 11.7. The van der Waals surface area contributed by atoms with Crippen LogP contribution in [0.5, 0.6) is 5.75 Å². The van der Waals surface area contributed by atoms with Gasteiger partial charge < -0.3 is 9.64 Å². The summed E-state index contributed by atoms with van der Waals surface area (Å²) in [5, 5.41) is 1.38. The summed E-state index contributed by atoms with van der Waals surface area (Å²) < 4.78 is 5.64. The molecule has 2 aromatic rings. The second-order valence-corrected chi connectivity index (χ2v) is 6.50. The molecule has 0 heterocycles. The molecule has 0 aromatic heterocycles. The first-order valence-electron chi connectivity index (χ1n) is 7.91. The predicted molar refractivity (Wildman–Crippen MR) is 99.0 cm³/mol. The second kappa shape index (κ2) is 9.55. The number of hydrogen-bond donors (Lipinski definition) is 0. The van der Waals surface area contributed by atoms with Crippen LogP contribution in [-0.2, 0) is 11.2 Å². The van der Waals surface area contributed by atoms with Gasteiger partial charge in [-0.15, -0.1) is 0 Å². The Bertz CT molecular complexity index is 641. The number of nitrogens with zero attached hydrogens (tertiary/aromatic N) is 1. The Balaban J connectivity index is 1.63. The van der Waals surface area contributed by atoms with Crippen LogP contribution in [0.25, 0.3) is 0 Å². The number of rotatable bonds is 8. The molecular weight excluding hydrogens is 345 g/mol. The number of unbranched alkanes of at least 4 members (excludes halogenated alkanes) is 1. The lowest BCUT2D eigenvalue weighted by Crippen LogP contribution is -2.29. The van der Waals surface area contributed by atoms with Crippen LogP contribution < -0.4 is 4.74 Å². The van der Waals surface area contributed by atoms with Crippen LogP contribution in [0.4, 0.5) is 0 Å². The molecule has 0 fully saturated rings. The minimum absolute atomic E-state index is 0.107. The number of likely N-dealkylation sites (N-methyl/N-ethyl adjacent to an activating group) is 1. The Kier molecular flexibility index (Phi) is 7.41. The number of benzene rings is 2. The van der Waals surface area contributed by atoms with Gasteiger partial charge in [0.15, 0.2) is 0 Å². The van der Waals surface area contributed by atoms with Gasteiger partial charge in [0.05, 0.1) is 13.0 Å². The number of hydrogen-bond acceptors (Lipinski definition) is 2. The van der Waals surface area contributed by atoms with Gasteiger partial charge in [0.2, 0.25) is 5.91 Å². The maximum absolute atomic E-state index is 12.2. The van der Waals surface area contributed by atoms with Crippen molar-refractivity contribution in [2.75, 3.05) is 20.2 Å². The Hall–Kier alpha value is -1.71. The zero-order chi connectivity index (χ0) is 17.4. The Morgan fingerprint density at radius 1 is 0.958 bits per heavy atom. The van der Waals surface area contributed by atoms with Crippen molar-refractivity contribution < 1.29 is 9.53 Å². The average Bonchev–Trinajstić information content (AvgIpc) is 2.58. The molecule has 128 valence electrons.